The van der Waals surface area contributed by atoms with E-state index >= 15 is 0 Å². The summed E-state index contributed by atoms with van der Waals surface area (Å²) in [6.45, 7) is 0. The number of halogens is 1. The number of benzene rings is 1. The molecule has 82 valence electrons. The number of nitrogens with zero attached hydrogens (tertiary/aromatic N) is 1. The summed E-state index contributed by atoms with van der Waals surface area (Å²) in [5, 5.41) is 0.864. The van der Waals surface area contributed by atoms with Gasteiger partial charge < -0.3 is 0 Å². The lowest BCUT2D eigenvalue weighted by Gasteiger charge is -2.03. The maximum Gasteiger partial charge on any atom is 0.0437 e. The van der Waals surface area contributed by atoms with Gasteiger partial charge in [-0.15, -0.1) is 0 Å². The second-order valence-corrected chi connectivity index (χ2v) is 4.17. The fraction of sp³-hybridized carbons (Fsp3) is 0.214. The number of aryl methyl sites for hydroxylation is 2. The first-order valence-electron chi connectivity index (χ1n) is 5.49. The molecule has 2 heteroatoms. The number of pyridine rings is 1. The van der Waals surface area contributed by atoms with Crippen molar-refractivity contribution in [3.8, 4) is 0 Å². The summed E-state index contributed by atoms with van der Waals surface area (Å²) < 4.78 is 0. The summed E-state index contributed by atoms with van der Waals surface area (Å²) in [4.78, 5) is 4.30. The van der Waals surface area contributed by atoms with E-state index in [9.17, 15) is 0 Å². The Balaban J connectivity index is 1.87. The maximum absolute atomic E-state index is 6.09. The van der Waals surface area contributed by atoms with E-state index in [1.165, 1.54) is 5.56 Å². The first-order valence-corrected chi connectivity index (χ1v) is 5.87. The van der Waals surface area contributed by atoms with Crippen LogP contribution in [0.3, 0.4) is 0 Å². The Labute approximate surface area is 101 Å². The van der Waals surface area contributed by atoms with E-state index in [1.54, 1.807) is 0 Å². The Morgan fingerprint density at radius 3 is 2.50 bits per heavy atom. The van der Waals surface area contributed by atoms with Crippen LogP contribution in [0.2, 0.25) is 5.02 Å². The lowest BCUT2D eigenvalue weighted by atomic mass is 10.1. The van der Waals surface area contributed by atoms with Gasteiger partial charge in [0.1, 0.15) is 0 Å². The fourth-order valence-electron chi connectivity index (χ4n) is 1.71. The molecule has 0 aliphatic carbocycles. The summed E-state index contributed by atoms with van der Waals surface area (Å²) >= 11 is 6.09. The van der Waals surface area contributed by atoms with Crippen LogP contribution in [0.25, 0.3) is 0 Å². The molecule has 1 heterocycles. The van der Waals surface area contributed by atoms with Crippen LogP contribution in [0, 0.1) is 0 Å². The fourth-order valence-corrected chi connectivity index (χ4v) is 1.94. The van der Waals surface area contributed by atoms with Crippen molar-refractivity contribution in [3.05, 3.63) is 64.9 Å². The van der Waals surface area contributed by atoms with Crippen molar-refractivity contribution >= 4 is 11.6 Å². The average molecular weight is 232 g/mol. The van der Waals surface area contributed by atoms with Gasteiger partial charge in [0.25, 0.3) is 0 Å². The molecule has 1 aromatic heterocycles. The molecule has 0 fully saturated rings. The largest absolute Gasteiger partial charge is 0.261 e. The first-order chi connectivity index (χ1) is 7.86. The molecule has 0 radical (unpaired) electrons. The Morgan fingerprint density at radius 2 is 1.75 bits per heavy atom. The zero-order valence-corrected chi connectivity index (χ0v) is 9.82. The van der Waals surface area contributed by atoms with Crippen LogP contribution in [-0.2, 0) is 12.8 Å². The minimum Gasteiger partial charge on any atom is -0.261 e. The number of hydrogen-bond donors (Lipinski definition) is 0. The van der Waals surface area contributed by atoms with E-state index in [0.29, 0.717) is 0 Å². The third kappa shape index (κ3) is 3.07. The summed E-state index contributed by atoms with van der Waals surface area (Å²) in [5.41, 5.74) is 2.37. The number of hydrogen-bond acceptors (Lipinski definition) is 1. The molecular weight excluding hydrogens is 218 g/mol. The third-order valence-electron chi connectivity index (χ3n) is 2.56. The van der Waals surface area contributed by atoms with Gasteiger partial charge in [0.05, 0.1) is 0 Å². The van der Waals surface area contributed by atoms with Gasteiger partial charge in [-0.05, 0) is 43.0 Å². The lowest BCUT2D eigenvalue weighted by molar-refractivity contribution is 0.799. The first kappa shape index (κ1) is 11.2. The molecular formula is C14H14ClN. The van der Waals surface area contributed by atoms with Crippen molar-refractivity contribution in [2.75, 3.05) is 0 Å². The Kier molecular flexibility index (Phi) is 3.95. The minimum atomic E-state index is 0.864. The lowest BCUT2D eigenvalue weighted by Crippen LogP contribution is -1.92. The van der Waals surface area contributed by atoms with Crippen LogP contribution in [0.1, 0.15) is 17.7 Å². The minimum absolute atomic E-state index is 0.864. The topological polar surface area (TPSA) is 12.9 Å². The van der Waals surface area contributed by atoms with E-state index in [2.05, 4.69) is 17.1 Å². The highest BCUT2D eigenvalue weighted by molar-refractivity contribution is 6.31. The molecule has 1 nitrogen and oxygen atoms in total. The standard InChI is InChI=1S/C14H14ClN/c15-14-10-2-1-6-12(14)7-5-9-13-8-3-4-11-16-13/h1-4,6,8,10-11H,5,7,9H2. The Morgan fingerprint density at radius 1 is 0.938 bits per heavy atom. The van der Waals surface area contributed by atoms with Crippen molar-refractivity contribution in [2.45, 2.75) is 19.3 Å². The van der Waals surface area contributed by atoms with Crippen LogP contribution in [0.5, 0.6) is 0 Å². The highest BCUT2D eigenvalue weighted by atomic mass is 35.5. The second kappa shape index (κ2) is 5.66. The van der Waals surface area contributed by atoms with Crippen molar-refractivity contribution in [3.63, 3.8) is 0 Å². The molecule has 0 saturated heterocycles. The highest BCUT2D eigenvalue weighted by Gasteiger charge is 1.99. The molecule has 0 saturated carbocycles. The van der Waals surface area contributed by atoms with Crippen LogP contribution in [0.4, 0.5) is 0 Å². The Hall–Kier alpha value is -1.34. The van der Waals surface area contributed by atoms with E-state index in [1.807, 2.05) is 36.5 Å². The van der Waals surface area contributed by atoms with Gasteiger partial charge in [-0.2, -0.15) is 0 Å². The average Bonchev–Trinajstić information content (AvgIpc) is 2.33. The molecule has 16 heavy (non-hydrogen) atoms. The predicted molar refractivity (Wildman–Crippen MR) is 67.7 cm³/mol. The van der Waals surface area contributed by atoms with Crippen LogP contribution in [-0.4, -0.2) is 4.98 Å². The van der Waals surface area contributed by atoms with Crippen molar-refractivity contribution in [2.24, 2.45) is 0 Å². The summed E-state index contributed by atoms with van der Waals surface area (Å²) in [5.74, 6) is 0. The van der Waals surface area contributed by atoms with Crippen LogP contribution in [0.15, 0.2) is 48.7 Å². The molecule has 0 aliphatic heterocycles. The molecule has 0 aliphatic rings. The zero-order valence-electron chi connectivity index (χ0n) is 9.07. The SMILES string of the molecule is Clc1ccccc1CCCc1ccccn1. The summed E-state index contributed by atoms with van der Waals surface area (Å²) in [6.07, 6.45) is 4.94. The molecule has 0 spiro atoms. The molecule has 0 bridgehead atoms. The number of rotatable bonds is 4. The van der Waals surface area contributed by atoms with Gasteiger partial charge in [0.15, 0.2) is 0 Å². The quantitative estimate of drug-likeness (QED) is 0.778. The van der Waals surface area contributed by atoms with Gasteiger partial charge in [0.2, 0.25) is 0 Å². The predicted octanol–water partition coefficient (Wildman–Crippen LogP) is 3.91. The van der Waals surface area contributed by atoms with Crippen LogP contribution < -0.4 is 0 Å². The van der Waals surface area contributed by atoms with E-state index in [4.69, 9.17) is 11.6 Å². The van der Waals surface area contributed by atoms with Gasteiger partial charge in [-0.25, -0.2) is 0 Å². The number of aromatic nitrogens is 1. The van der Waals surface area contributed by atoms with Crippen molar-refractivity contribution in [1.82, 2.24) is 4.98 Å². The van der Waals surface area contributed by atoms with E-state index in [0.717, 1.165) is 30.0 Å². The van der Waals surface area contributed by atoms with Crippen LogP contribution >= 0.6 is 11.6 Å². The monoisotopic (exact) mass is 231 g/mol. The van der Waals surface area contributed by atoms with Crippen molar-refractivity contribution in [1.29, 1.82) is 0 Å². The van der Waals surface area contributed by atoms with Gasteiger partial charge in [-0.3, -0.25) is 4.98 Å². The highest BCUT2D eigenvalue weighted by Crippen LogP contribution is 2.17. The molecule has 0 N–H and O–H groups in total. The third-order valence-corrected chi connectivity index (χ3v) is 2.93. The van der Waals surface area contributed by atoms with Crippen molar-refractivity contribution < 1.29 is 0 Å². The molecule has 1 aromatic carbocycles. The maximum atomic E-state index is 6.09. The molecule has 2 aromatic rings. The molecule has 0 unspecified atom stereocenters. The molecule has 0 atom stereocenters. The molecule has 0 amide bonds. The Bertz CT molecular complexity index is 439. The second-order valence-electron chi connectivity index (χ2n) is 3.77. The molecule has 2 rings (SSSR count). The van der Waals surface area contributed by atoms with E-state index in [-0.39, 0.29) is 0 Å². The van der Waals surface area contributed by atoms with Gasteiger partial charge >= 0.3 is 0 Å². The normalized spacial score (nSPS) is 10.3. The smallest absolute Gasteiger partial charge is 0.0437 e. The summed E-state index contributed by atoms with van der Waals surface area (Å²) in [7, 11) is 0. The van der Waals surface area contributed by atoms with Gasteiger partial charge in [-0.1, -0.05) is 35.9 Å². The zero-order chi connectivity index (χ0) is 11.2. The summed E-state index contributed by atoms with van der Waals surface area (Å²) in [6, 6.07) is 14.0. The van der Waals surface area contributed by atoms with E-state index < -0.39 is 0 Å². The van der Waals surface area contributed by atoms with Gasteiger partial charge in [0, 0.05) is 16.9 Å².